The molecule has 2 saturated heterocycles. The van der Waals surface area contributed by atoms with E-state index in [0.29, 0.717) is 19.6 Å². The number of likely N-dealkylation sites (tertiary alicyclic amines) is 2. The van der Waals surface area contributed by atoms with Crippen molar-refractivity contribution in [2.24, 2.45) is 11.8 Å². The van der Waals surface area contributed by atoms with Crippen molar-refractivity contribution in [3.8, 4) is 0 Å². The number of rotatable bonds is 2. The predicted molar refractivity (Wildman–Crippen MR) is 103 cm³/mol. The SMILES string of the molecule is CC(=O)N1C[C@H]2CN(C(=O)C3=CC(=O)CC(C)(C)O3)C[C@H]2[C@H]1c1ccccc1. The van der Waals surface area contributed by atoms with Gasteiger partial charge in [-0.15, -0.1) is 0 Å². The molecule has 0 bridgehead atoms. The lowest BCUT2D eigenvalue weighted by Crippen LogP contribution is -2.40. The quantitative estimate of drug-likeness (QED) is 0.787. The molecule has 2 amide bonds. The highest BCUT2D eigenvalue weighted by Gasteiger charge is 2.50. The molecule has 28 heavy (non-hydrogen) atoms. The van der Waals surface area contributed by atoms with Crippen LogP contribution >= 0.6 is 0 Å². The van der Waals surface area contributed by atoms with Crippen molar-refractivity contribution < 1.29 is 19.1 Å². The number of benzene rings is 1. The molecule has 3 atom stereocenters. The molecule has 0 aromatic heterocycles. The van der Waals surface area contributed by atoms with E-state index in [1.54, 1.807) is 11.8 Å². The molecule has 6 nitrogen and oxygen atoms in total. The van der Waals surface area contributed by atoms with Crippen LogP contribution in [-0.2, 0) is 19.1 Å². The highest BCUT2D eigenvalue weighted by molar-refractivity contribution is 6.01. The van der Waals surface area contributed by atoms with Gasteiger partial charge in [0.15, 0.2) is 11.5 Å². The first kappa shape index (κ1) is 18.7. The minimum absolute atomic E-state index is 0.0270. The van der Waals surface area contributed by atoms with Crippen molar-refractivity contribution >= 4 is 17.6 Å². The molecule has 2 fully saturated rings. The monoisotopic (exact) mass is 382 g/mol. The minimum Gasteiger partial charge on any atom is -0.481 e. The van der Waals surface area contributed by atoms with Gasteiger partial charge in [-0.2, -0.15) is 0 Å². The number of carbonyl (C=O) groups is 3. The summed E-state index contributed by atoms with van der Waals surface area (Å²) in [5.74, 6) is 0.308. The minimum atomic E-state index is -0.662. The van der Waals surface area contributed by atoms with Crippen molar-refractivity contribution in [3.63, 3.8) is 0 Å². The number of fused-ring (bicyclic) bond motifs is 1. The highest BCUT2D eigenvalue weighted by Crippen LogP contribution is 2.45. The Balaban J connectivity index is 1.56. The molecule has 0 aliphatic carbocycles. The fraction of sp³-hybridized carbons (Fsp3) is 0.500. The van der Waals surface area contributed by atoms with E-state index < -0.39 is 5.60 Å². The summed E-state index contributed by atoms with van der Waals surface area (Å²) in [5, 5.41) is 0. The normalized spacial score (nSPS) is 28.6. The molecule has 148 valence electrons. The molecule has 0 unspecified atom stereocenters. The molecular formula is C22H26N2O4. The van der Waals surface area contributed by atoms with Gasteiger partial charge in [0, 0.05) is 50.9 Å². The fourth-order valence-electron chi connectivity index (χ4n) is 4.85. The second kappa shape index (κ2) is 6.76. The maximum Gasteiger partial charge on any atom is 0.289 e. The first-order valence-corrected chi connectivity index (χ1v) is 9.80. The largest absolute Gasteiger partial charge is 0.481 e. The van der Waals surface area contributed by atoms with Gasteiger partial charge < -0.3 is 14.5 Å². The topological polar surface area (TPSA) is 66.9 Å². The van der Waals surface area contributed by atoms with E-state index in [-0.39, 0.29) is 47.7 Å². The number of allylic oxidation sites excluding steroid dienone is 1. The van der Waals surface area contributed by atoms with E-state index in [9.17, 15) is 14.4 Å². The average Bonchev–Trinajstić information content (AvgIpc) is 3.17. The zero-order chi connectivity index (χ0) is 20.1. The Morgan fingerprint density at radius 1 is 1.11 bits per heavy atom. The Bertz CT molecular complexity index is 845. The van der Waals surface area contributed by atoms with Crippen molar-refractivity contribution in [1.82, 2.24) is 9.80 Å². The third-order valence-electron chi connectivity index (χ3n) is 5.99. The Hall–Kier alpha value is -2.63. The lowest BCUT2D eigenvalue weighted by atomic mass is 9.89. The zero-order valence-electron chi connectivity index (χ0n) is 16.6. The molecule has 0 saturated carbocycles. The molecule has 1 aromatic carbocycles. The third-order valence-corrected chi connectivity index (χ3v) is 5.99. The van der Waals surface area contributed by atoms with Crippen LogP contribution in [0.4, 0.5) is 0 Å². The second-order valence-corrected chi connectivity index (χ2v) is 8.67. The van der Waals surface area contributed by atoms with E-state index in [4.69, 9.17) is 4.74 Å². The number of carbonyl (C=O) groups excluding carboxylic acids is 3. The number of ether oxygens (including phenoxy) is 1. The molecule has 3 aliphatic rings. The Morgan fingerprint density at radius 2 is 1.82 bits per heavy atom. The number of amides is 2. The van der Waals surface area contributed by atoms with Crippen LogP contribution in [0.3, 0.4) is 0 Å². The first-order valence-electron chi connectivity index (χ1n) is 9.80. The van der Waals surface area contributed by atoms with E-state index in [1.165, 1.54) is 6.08 Å². The number of hydrogen-bond acceptors (Lipinski definition) is 4. The van der Waals surface area contributed by atoms with Crippen LogP contribution in [0, 0.1) is 11.8 Å². The lowest BCUT2D eigenvalue weighted by Gasteiger charge is -2.32. The molecule has 0 radical (unpaired) electrons. The summed E-state index contributed by atoms with van der Waals surface area (Å²) >= 11 is 0. The van der Waals surface area contributed by atoms with Crippen molar-refractivity contribution in [2.45, 2.75) is 38.8 Å². The van der Waals surface area contributed by atoms with Gasteiger partial charge in [0.25, 0.3) is 5.91 Å². The molecule has 0 N–H and O–H groups in total. The molecule has 6 heteroatoms. The average molecular weight is 382 g/mol. The van der Waals surface area contributed by atoms with Crippen molar-refractivity contribution in [2.75, 3.05) is 19.6 Å². The summed E-state index contributed by atoms with van der Waals surface area (Å²) in [6, 6.07) is 9.98. The van der Waals surface area contributed by atoms with Gasteiger partial charge in [-0.25, -0.2) is 0 Å². The van der Waals surface area contributed by atoms with Gasteiger partial charge >= 0.3 is 0 Å². The maximum absolute atomic E-state index is 13.0. The van der Waals surface area contributed by atoms with Crippen LogP contribution in [0.15, 0.2) is 42.2 Å². The summed E-state index contributed by atoms with van der Waals surface area (Å²) < 4.78 is 5.80. The lowest BCUT2D eigenvalue weighted by molar-refractivity contribution is -0.138. The Morgan fingerprint density at radius 3 is 2.46 bits per heavy atom. The third kappa shape index (κ3) is 3.32. The van der Waals surface area contributed by atoms with Gasteiger partial charge in [-0.05, 0) is 19.4 Å². The molecule has 3 heterocycles. The van der Waals surface area contributed by atoms with Crippen LogP contribution in [0.25, 0.3) is 0 Å². The zero-order valence-corrected chi connectivity index (χ0v) is 16.6. The van der Waals surface area contributed by atoms with E-state index >= 15 is 0 Å². The predicted octanol–water partition coefficient (Wildman–Crippen LogP) is 2.32. The van der Waals surface area contributed by atoms with Crippen LogP contribution in [-0.4, -0.2) is 52.6 Å². The van der Waals surface area contributed by atoms with Crippen molar-refractivity contribution in [1.29, 1.82) is 0 Å². The fourth-order valence-corrected chi connectivity index (χ4v) is 4.85. The Kier molecular flexibility index (Phi) is 4.52. The summed E-state index contributed by atoms with van der Waals surface area (Å²) in [6.07, 6.45) is 1.61. The summed E-state index contributed by atoms with van der Waals surface area (Å²) in [7, 11) is 0. The maximum atomic E-state index is 13.0. The van der Waals surface area contributed by atoms with Gasteiger partial charge in [0.2, 0.25) is 5.91 Å². The number of hydrogen-bond donors (Lipinski definition) is 0. The summed E-state index contributed by atoms with van der Waals surface area (Å²) in [5.41, 5.74) is 0.439. The van der Waals surface area contributed by atoms with Gasteiger partial charge in [-0.1, -0.05) is 30.3 Å². The van der Waals surface area contributed by atoms with Crippen molar-refractivity contribution in [3.05, 3.63) is 47.7 Å². The van der Waals surface area contributed by atoms with Crippen LogP contribution in [0.2, 0.25) is 0 Å². The molecule has 0 spiro atoms. The van der Waals surface area contributed by atoms with E-state index in [2.05, 4.69) is 0 Å². The van der Waals surface area contributed by atoms with Crippen LogP contribution in [0.1, 0.15) is 38.8 Å². The number of ketones is 1. The molecule has 1 aromatic rings. The van der Waals surface area contributed by atoms with Crippen LogP contribution in [0.5, 0.6) is 0 Å². The molecule has 4 rings (SSSR count). The van der Waals surface area contributed by atoms with Gasteiger partial charge in [0.1, 0.15) is 5.60 Å². The Labute approximate surface area is 165 Å². The summed E-state index contributed by atoms with van der Waals surface area (Å²) in [6.45, 7) is 7.02. The van der Waals surface area contributed by atoms with Gasteiger partial charge in [0.05, 0.1) is 6.04 Å². The standard InChI is InChI=1S/C22H26N2O4/c1-14(25)24-12-16-11-23(13-18(16)20(24)15-7-5-4-6-8-15)21(27)19-9-17(26)10-22(2,3)28-19/h4-9,16,18,20H,10-13H2,1-3H3/t16-,18-,20-/m1/s1. The summed E-state index contributed by atoms with van der Waals surface area (Å²) in [4.78, 5) is 40.9. The van der Waals surface area contributed by atoms with E-state index in [1.807, 2.05) is 49.1 Å². The molecule has 3 aliphatic heterocycles. The highest BCUT2D eigenvalue weighted by atomic mass is 16.5. The van der Waals surface area contributed by atoms with Crippen LogP contribution < -0.4 is 0 Å². The molecular weight excluding hydrogens is 356 g/mol. The van der Waals surface area contributed by atoms with Gasteiger partial charge in [-0.3, -0.25) is 14.4 Å². The second-order valence-electron chi connectivity index (χ2n) is 8.67. The number of nitrogens with zero attached hydrogens (tertiary/aromatic N) is 2. The van der Waals surface area contributed by atoms with E-state index in [0.717, 1.165) is 5.56 Å². The smallest absolute Gasteiger partial charge is 0.289 e. The first-order chi connectivity index (χ1) is 13.2.